The number of hydrogen-bond acceptors (Lipinski definition) is 3. The Labute approximate surface area is 182 Å². The standard InChI is InChI=1S/C24H28ClN3O2/c25-19-8-1-4-11-22(19)30-17-6-5-16-28-21-10-3-2-9-20(21)27-23(28)12-7-15-26-24(29)18-13-14-18/h1-4,8-11,18H,5-7,12-17H2,(H,26,29). The molecule has 1 aliphatic rings. The summed E-state index contributed by atoms with van der Waals surface area (Å²) in [7, 11) is 0. The van der Waals surface area contributed by atoms with Crippen molar-refractivity contribution in [3.63, 3.8) is 0 Å². The van der Waals surface area contributed by atoms with Gasteiger partial charge in [-0.3, -0.25) is 4.79 Å². The number of rotatable bonds is 11. The Morgan fingerprint density at radius 2 is 1.90 bits per heavy atom. The Morgan fingerprint density at radius 3 is 2.73 bits per heavy atom. The van der Waals surface area contributed by atoms with Crippen LogP contribution in [0, 0.1) is 5.92 Å². The van der Waals surface area contributed by atoms with Gasteiger partial charge in [-0.2, -0.15) is 0 Å². The molecule has 4 rings (SSSR count). The predicted octanol–water partition coefficient (Wildman–Crippen LogP) is 5.01. The molecule has 0 bridgehead atoms. The highest BCUT2D eigenvalue weighted by Gasteiger charge is 2.29. The van der Waals surface area contributed by atoms with Gasteiger partial charge < -0.3 is 14.6 Å². The number of para-hydroxylation sites is 3. The van der Waals surface area contributed by atoms with E-state index < -0.39 is 0 Å². The molecule has 1 amide bonds. The number of nitrogens with zero attached hydrogens (tertiary/aromatic N) is 2. The van der Waals surface area contributed by atoms with Crippen molar-refractivity contribution in [2.45, 2.75) is 45.1 Å². The van der Waals surface area contributed by atoms with Crippen molar-refractivity contribution in [2.24, 2.45) is 5.92 Å². The highest BCUT2D eigenvalue weighted by atomic mass is 35.5. The van der Waals surface area contributed by atoms with Gasteiger partial charge in [0.05, 0.1) is 22.7 Å². The lowest BCUT2D eigenvalue weighted by molar-refractivity contribution is -0.122. The second kappa shape index (κ2) is 9.98. The first-order valence-corrected chi connectivity index (χ1v) is 11.2. The van der Waals surface area contributed by atoms with E-state index in [-0.39, 0.29) is 11.8 Å². The molecule has 0 radical (unpaired) electrons. The molecular weight excluding hydrogens is 398 g/mol. The smallest absolute Gasteiger partial charge is 0.223 e. The van der Waals surface area contributed by atoms with Crippen LogP contribution in [0.1, 0.15) is 37.9 Å². The van der Waals surface area contributed by atoms with E-state index >= 15 is 0 Å². The van der Waals surface area contributed by atoms with Crippen LogP contribution in [0.15, 0.2) is 48.5 Å². The Bertz CT molecular complexity index is 997. The molecule has 1 aromatic heterocycles. The lowest BCUT2D eigenvalue weighted by atomic mass is 10.2. The predicted molar refractivity (Wildman–Crippen MR) is 120 cm³/mol. The van der Waals surface area contributed by atoms with E-state index in [4.69, 9.17) is 21.3 Å². The number of ether oxygens (including phenoxy) is 1. The van der Waals surface area contributed by atoms with Crippen molar-refractivity contribution in [2.75, 3.05) is 13.2 Å². The number of imidazole rings is 1. The van der Waals surface area contributed by atoms with Gasteiger partial charge in [0.2, 0.25) is 5.91 Å². The minimum Gasteiger partial charge on any atom is -0.492 e. The fourth-order valence-electron chi connectivity index (χ4n) is 3.63. The summed E-state index contributed by atoms with van der Waals surface area (Å²) in [4.78, 5) is 16.6. The van der Waals surface area contributed by atoms with E-state index in [1.54, 1.807) is 0 Å². The van der Waals surface area contributed by atoms with E-state index in [0.717, 1.165) is 62.2 Å². The van der Waals surface area contributed by atoms with Gasteiger partial charge in [0.1, 0.15) is 11.6 Å². The molecule has 0 atom stereocenters. The summed E-state index contributed by atoms with van der Waals surface area (Å²) in [6, 6.07) is 15.8. The number of fused-ring (bicyclic) bond motifs is 1. The number of carbonyl (C=O) groups excluding carboxylic acids is 1. The minimum absolute atomic E-state index is 0.210. The number of nitrogens with one attached hydrogen (secondary N) is 1. The summed E-state index contributed by atoms with van der Waals surface area (Å²) in [6.07, 6.45) is 5.78. The third-order valence-corrected chi connectivity index (χ3v) is 5.74. The summed E-state index contributed by atoms with van der Waals surface area (Å²) in [6.45, 7) is 2.25. The SMILES string of the molecule is O=C(NCCCc1nc2ccccc2n1CCCCOc1ccccc1Cl)C1CC1. The van der Waals surface area contributed by atoms with Gasteiger partial charge in [0, 0.05) is 25.4 Å². The van der Waals surface area contributed by atoms with Gasteiger partial charge in [-0.1, -0.05) is 35.9 Å². The molecule has 0 unspecified atom stereocenters. The first-order valence-electron chi connectivity index (χ1n) is 10.8. The second-order valence-electron chi connectivity index (χ2n) is 7.82. The summed E-state index contributed by atoms with van der Waals surface area (Å²) < 4.78 is 8.12. The van der Waals surface area contributed by atoms with Crippen LogP contribution in [0.25, 0.3) is 11.0 Å². The molecule has 1 aliphatic carbocycles. The van der Waals surface area contributed by atoms with Crippen molar-refractivity contribution >= 4 is 28.5 Å². The lowest BCUT2D eigenvalue weighted by Gasteiger charge is -2.11. The third-order valence-electron chi connectivity index (χ3n) is 5.43. The third kappa shape index (κ3) is 5.33. The molecule has 0 aliphatic heterocycles. The van der Waals surface area contributed by atoms with Gasteiger partial charge in [-0.05, 0) is 56.4 Å². The molecule has 6 heteroatoms. The van der Waals surface area contributed by atoms with Gasteiger partial charge in [-0.15, -0.1) is 0 Å². The van der Waals surface area contributed by atoms with Gasteiger partial charge in [0.25, 0.3) is 0 Å². The molecule has 30 heavy (non-hydrogen) atoms. The van der Waals surface area contributed by atoms with E-state index in [9.17, 15) is 4.79 Å². The van der Waals surface area contributed by atoms with Crippen molar-refractivity contribution in [3.8, 4) is 5.75 Å². The van der Waals surface area contributed by atoms with Crippen LogP contribution in [0.3, 0.4) is 0 Å². The number of halogens is 1. The number of hydrogen-bond donors (Lipinski definition) is 1. The average Bonchev–Trinajstić information content (AvgIpc) is 3.55. The van der Waals surface area contributed by atoms with Crippen LogP contribution < -0.4 is 10.1 Å². The molecule has 0 spiro atoms. The molecular formula is C24H28ClN3O2. The molecule has 1 N–H and O–H groups in total. The van der Waals surface area contributed by atoms with E-state index in [1.807, 2.05) is 30.3 Å². The number of amides is 1. The number of benzene rings is 2. The number of aryl methyl sites for hydroxylation is 2. The quantitative estimate of drug-likeness (QED) is 0.439. The normalized spacial score (nSPS) is 13.5. The Balaban J connectivity index is 1.29. The Hall–Kier alpha value is -2.53. The van der Waals surface area contributed by atoms with Crippen LogP contribution in [-0.2, 0) is 17.8 Å². The van der Waals surface area contributed by atoms with Crippen LogP contribution in [0.2, 0.25) is 5.02 Å². The molecule has 2 aromatic carbocycles. The van der Waals surface area contributed by atoms with Gasteiger partial charge in [-0.25, -0.2) is 4.98 Å². The number of unbranched alkanes of at least 4 members (excludes halogenated alkanes) is 1. The summed E-state index contributed by atoms with van der Waals surface area (Å²) in [5.41, 5.74) is 2.20. The van der Waals surface area contributed by atoms with E-state index in [2.05, 4.69) is 28.1 Å². The molecule has 158 valence electrons. The second-order valence-corrected chi connectivity index (χ2v) is 8.23. The summed E-state index contributed by atoms with van der Waals surface area (Å²) >= 11 is 6.14. The highest BCUT2D eigenvalue weighted by molar-refractivity contribution is 6.32. The zero-order valence-corrected chi connectivity index (χ0v) is 17.9. The molecule has 1 heterocycles. The van der Waals surface area contributed by atoms with Gasteiger partial charge >= 0.3 is 0 Å². The number of carbonyl (C=O) groups is 1. The molecule has 0 saturated heterocycles. The van der Waals surface area contributed by atoms with E-state index in [0.29, 0.717) is 18.2 Å². The van der Waals surface area contributed by atoms with Crippen molar-refractivity contribution in [1.29, 1.82) is 0 Å². The minimum atomic E-state index is 0.210. The van der Waals surface area contributed by atoms with Crippen molar-refractivity contribution < 1.29 is 9.53 Å². The topological polar surface area (TPSA) is 56.2 Å². The Morgan fingerprint density at radius 1 is 1.10 bits per heavy atom. The maximum absolute atomic E-state index is 11.8. The average molecular weight is 426 g/mol. The van der Waals surface area contributed by atoms with Crippen LogP contribution in [0.4, 0.5) is 0 Å². The zero-order chi connectivity index (χ0) is 20.8. The fraction of sp³-hybridized carbons (Fsp3) is 0.417. The first kappa shape index (κ1) is 20.7. The Kier molecular flexibility index (Phi) is 6.90. The fourth-order valence-corrected chi connectivity index (χ4v) is 3.82. The number of aromatic nitrogens is 2. The van der Waals surface area contributed by atoms with Crippen LogP contribution in [0.5, 0.6) is 5.75 Å². The lowest BCUT2D eigenvalue weighted by Crippen LogP contribution is -2.26. The molecule has 5 nitrogen and oxygen atoms in total. The van der Waals surface area contributed by atoms with Crippen LogP contribution >= 0.6 is 11.6 Å². The van der Waals surface area contributed by atoms with Crippen molar-refractivity contribution in [3.05, 3.63) is 59.4 Å². The van der Waals surface area contributed by atoms with Crippen LogP contribution in [-0.4, -0.2) is 28.6 Å². The maximum Gasteiger partial charge on any atom is 0.223 e. The molecule has 1 saturated carbocycles. The first-order chi connectivity index (χ1) is 14.7. The summed E-state index contributed by atoms with van der Waals surface area (Å²) in [5.74, 6) is 2.30. The molecule has 3 aromatic rings. The molecule has 1 fully saturated rings. The highest BCUT2D eigenvalue weighted by Crippen LogP contribution is 2.28. The zero-order valence-electron chi connectivity index (χ0n) is 17.1. The van der Waals surface area contributed by atoms with Crippen molar-refractivity contribution in [1.82, 2.24) is 14.9 Å². The van der Waals surface area contributed by atoms with Gasteiger partial charge in [0.15, 0.2) is 0 Å². The summed E-state index contributed by atoms with van der Waals surface area (Å²) in [5, 5.41) is 3.69. The largest absolute Gasteiger partial charge is 0.492 e. The monoisotopic (exact) mass is 425 g/mol. The maximum atomic E-state index is 11.8. The van der Waals surface area contributed by atoms with E-state index in [1.165, 1.54) is 5.52 Å².